The van der Waals surface area contributed by atoms with Crippen molar-refractivity contribution in [2.24, 2.45) is 5.92 Å². The van der Waals surface area contributed by atoms with E-state index in [4.69, 9.17) is 5.11 Å². The second kappa shape index (κ2) is 6.93. The third-order valence-corrected chi connectivity index (χ3v) is 4.57. The number of rotatable bonds is 6. The predicted octanol–water partition coefficient (Wildman–Crippen LogP) is 2.40. The van der Waals surface area contributed by atoms with Crippen molar-refractivity contribution < 1.29 is 14.6 Å². The first-order valence-corrected chi connectivity index (χ1v) is 7.00. The van der Waals surface area contributed by atoms with E-state index < -0.39 is 0 Å². The molecule has 1 atom stereocenters. The van der Waals surface area contributed by atoms with Crippen molar-refractivity contribution in [1.29, 1.82) is 0 Å². The Morgan fingerprint density at radius 3 is 3.00 bits per heavy atom. The van der Waals surface area contributed by atoms with Gasteiger partial charge in [0.1, 0.15) is 4.88 Å². The van der Waals surface area contributed by atoms with Gasteiger partial charge in [0.2, 0.25) is 0 Å². The molecule has 0 aromatic carbocycles. The van der Waals surface area contributed by atoms with Crippen LogP contribution in [0.1, 0.15) is 21.5 Å². The largest absolute Gasteiger partial charge is 0.465 e. The van der Waals surface area contributed by atoms with E-state index >= 15 is 0 Å². The van der Waals surface area contributed by atoms with Gasteiger partial charge in [-0.25, -0.2) is 4.79 Å². The Balaban J connectivity index is 2.38. The summed E-state index contributed by atoms with van der Waals surface area (Å²) in [7, 11) is 1.39. The van der Waals surface area contributed by atoms with Gasteiger partial charge in [-0.2, -0.15) is 11.8 Å². The Hall–Kier alpha value is -0.520. The Labute approximate surface area is 104 Å². The molecule has 3 nitrogen and oxygen atoms in total. The zero-order chi connectivity index (χ0) is 12.0. The summed E-state index contributed by atoms with van der Waals surface area (Å²) in [5.41, 5.74) is 0. The normalized spacial score (nSPS) is 12.4. The van der Waals surface area contributed by atoms with Gasteiger partial charge < -0.3 is 9.84 Å². The highest BCUT2D eigenvalue weighted by atomic mass is 32.2. The van der Waals surface area contributed by atoms with Crippen molar-refractivity contribution in [3.05, 3.63) is 21.9 Å². The number of hydrogen-bond acceptors (Lipinski definition) is 5. The number of aliphatic hydroxyl groups excluding tert-OH is 1. The van der Waals surface area contributed by atoms with Crippen LogP contribution in [0.4, 0.5) is 0 Å². The van der Waals surface area contributed by atoms with E-state index in [0.717, 1.165) is 16.4 Å². The molecule has 0 saturated heterocycles. The lowest BCUT2D eigenvalue weighted by Gasteiger charge is -2.05. The number of hydrogen-bond donors (Lipinski definition) is 1. The second-order valence-corrected chi connectivity index (χ2v) is 5.76. The maximum Gasteiger partial charge on any atom is 0.348 e. The van der Waals surface area contributed by atoms with Crippen LogP contribution in [0, 0.1) is 5.92 Å². The summed E-state index contributed by atoms with van der Waals surface area (Å²) in [6.45, 7) is 2.24. The quantitative estimate of drug-likeness (QED) is 0.798. The number of ether oxygens (including phenoxy) is 1. The molecule has 16 heavy (non-hydrogen) atoms. The zero-order valence-corrected chi connectivity index (χ0v) is 11.1. The Kier molecular flexibility index (Phi) is 5.87. The Morgan fingerprint density at radius 1 is 1.62 bits per heavy atom. The molecule has 1 N–H and O–H groups in total. The third-order valence-electron chi connectivity index (χ3n) is 2.01. The minimum Gasteiger partial charge on any atom is -0.465 e. The molecular formula is C11H16O3S2. The van der Waals surface area contributed by atoms with E-state index in [1.807, 2.05) is 13.0 Å². The molecule has 0 saturated carbocycles. The molecule has 1 unspecified atom stereocenters. The molecule has 1 rings (SSSR count). The summed E-state index contributed by atoms with van der Waals surface area (Å²) in [6.07, 6.45) is 0. The highest BCUT2D eigenvalue weighted by Gasteiger charge is 2.09. The number of thiophene rings is 1. The number of carbonyl (C=O) groups is 1. The standard InChI is InChI=1S/C11H16O3S2/c1-8(5-12)6-15-7-9-3-4-10(16-9)11(13)14-2/h3-4,8,12H,5-7H2,1-2H3. The summed E-state index contributed by atoms with van der Waals surface area (Å²) in [5, 5.41) is 8.87. The van der Waals surface area contributed by atoms with Crippen molar-refractivity contribution in [2.45, 2.75) is 12.7 Å². The van der Waals surface area contributed by atoms with Crippen molar-refractivity contribution in [1.82, 2.24) is 0 Å². The summed E-state index contributed by atoms with van der Waals surface area (Å²) in [5.74, 6) is 1.86. The molecule has 0 aliphatic carbocycles. The first kappa shape index (κ1) is 13.5. The van der Waals surface area contributed by atoms with Gasteiger partial charge in [0, 0.05) is 17.2 Å². The number of thioether (sulfide) groups is 1. The average Bonchev–Trinajstić information content (AvgIpc) is 2.76. The molecule has 1 aromatic heterocycles. The SMILES string of the molecule is COC(=O)c1ccc(CSCC(C)CO)s1. The molecule has 0 aliphatic rings. The van der Waals surface area contributed by atoms with Crippen LogP contribution in [-0.4, -0.2) is 30.5 Å². The smallest absolute Gasteiger partial charge is 0.348 e. The maximum atomic E-state index is 11.2. The van der Waals surface area contributed by atoms with Gasteiger partial charge in [0.05, 0.1) is 7.11 Å². The number of esters is 1. The van der Waals surface area contributed by atoms with Crippen molar-refractivity contribution >= 4 is 29.1 Å². The van der Waals surface area contributed by atoms with Gasteiger partial charge in [0.25, 0.3) is 0 Å². The molecule has 1 heterocycles. The first-order valence-electron chi connectivity index (χ1n) is 5.03. The number of aliphatic hydroxyl groups is 1. The van der Waals surface area contributed by atoms with Crippen molar-refractivity contribution in [3.63, 3.8) is 0 Å². The molecule has 90 valence electrons. The summed E-state index contributed by atoms with van der Waals surface area (Å²) >= 11 is 3.24. The van der Waals surface area contributed by atoms with Crippen molar-refractivity contribution in [2.75, 3.05) is 19.5 Å². The molecule has 1 aromatic rings. The van der Waals surface area contributed by atoms with Crippen LogP contribution in [0.5, 0.6) is 0 Å². The van der Waals surface area contributed by atoms with Crippen LogP contribution >= 0.6 is 23.1 Å². The lowest BCUT2D eigenvalue weighted by molar-refractivity contribution is 0.0606. The summed E-state index contributed by atoms with van der Waals surface area (Å²) in [4.78, 5) is 13.0. The van der Waals surface area contributed by atoms with Gasteiger partial charge in [-0.3, -0.25) is 0 Å². The Morgan fingerprint density at radius 2 is 2.38 bits per heavy atom. The predicted molar refractivity (Wildman–Crippen MR) is 68.1 cm³/mol. The fourth-order valence-electron chi connectivity index (χ4n) is 1.08. The highest BCUT2D eigenvalue weighted by molar-refractivity contribution is 7.98. The van der Waals surface area contributed by atoms with E-state index in [2.05, 4.69) is 4.74 Å². The van der Waals surface area contributed by atoms with E-state index in [1.54, 1.807) is 17.8 Å². The summed E-state index contributed by atoms with van der Waals surface area (Å²) < 4.78 is 4.64. The first-order chi connectivity index (χ1) is 7.67. The minimum absolute atomic E-state index is 0.227. The topological polar surface area (TPSA) is 46.5 Å². The van der Waals surface area contributed by atoms with Crippen LogP contribution in [0.15, 0.2) is 12.1 Å². The maximum absolute atomic E-state index is 11.2. The number of methoxy groups -OCH3 is 1. The van der Waals surface area contributed by atoms with E-state index in [-0.39, 0.29) is 12.6 Å². The van der Waals surface area contributed by atoms with E-state index in [1.165, 1.54) is 18.4 Å². The second-order valence-electron chi connectivity index (χ2n) is 3.56. The number of carbonyl (C=O) groups excluding carboxylic acids is 1. The molecule has 0 amide bonds. The molecular weight excluding hydrogens is 244 g/mol. The summed E-state index contributed by atoms with van der Waals surface area (Å²) in [6, 6.07) is 3.75. The monoisotopic (exact) mass is 260 g/mol. The fraction of sp³-hybridized carbons (Fsp3) is 0.545. The van der Waals surface area contributed by atoms with Crippen LogP contribution in [-0.2, 0) is 10.5 Å². The molecule has 0 bridgehead atoms. The average molecular weight is 260 g/mol. The lowest BCUT2D eigenvalue weighted by atomic mass is 10.2. The van der Waals surface area contributed by atoms with Crippen LogP contribution < -0.4 is 0 Å². The van der Waals surface area contributed by atoms with Crippen LogP contribution in [0.25, 0.3) is 0 Å². The van der Waals surface area contributed by atoms with Crippen LogP contribution in [0.2, 0.25) is 0 Å². The molecule has 0 spiro atoms. The van der Waals surface area contributed by atoms with Gasteiger partial charge in [-0.15, -0.1) is 11.3 Å². The zero-order valence-electron chi connectivity index (χ0n) is 9.43. The van der Waals surface area contributed by atoms with Gasteiger partial charge >= 0.3 is 5.97 Å². The van der Waals surface area contributed by atoms with E-state index in [9.17, 15) is 4.79 Å². The Bertz CT molecular complexity index is 336. The lowest BCUT2D eigenvalue weighted by Crippen LogP contribution is -2.03. The van der Waals surface area contributed by atoms with Gasteiger partial charge in [-0.1, -0.05) is 6.92 Å². The highest BCUT2D eigenvalue weighted by Crippen LogP contribution is 2.23. The molecule has 0 aliphatic heterocycles. The minimum atomic E-state index is -0.273. The molecule has 0 radical (unpaired) electrons. The molecule has 5 heteroatoms. The van der Waals surface area contributed by atoms with E-state index in [0.29, 0.717) is 10.8 Å². The third kappa shape index (κ3) is 4.15. The molecule has 0 fully saturated rings. The fourth-order valence-corrected chi connectivity index (χ4v) is 3.21. The van der Waals surface area contributed by atoms with Gasteiger partial charge in [0.15, 0.2) is 0 Å². The van der Waals surface area contributed by atoms with Gasteiger partial charge in [-0.05, 0) is 23.8 Å². The van der Waals surface area contributed by atoms with Crippen LogP contribution in [0.3, 0.4) is 0 Å². The van der Waals surface area contributed by atoms with Crippen molar-refractivity contribution in [3.8, 4) is 0 Å².